The smallest absolute Gasteiger partial charge is 0.304 e. The first kappa shape index (κ1) is 29.6. The first-order valence-corrected chi connectivity index (χ1v) is 14.6. The number of carboxylic acids is 1. The molecule has 0 spiro atoms. The molecule has 0 bridgehead atoms. The number of carbonyl (C=O) groups excluding carboxylic acids is 1. The number of thiazole rings is 1. The number of rotatable bonds is 10. The Balaban J connectivity index is 0.00000195. The number of anilines is 2. The molecule has 3 aromatic rings. The van der Waals surface area contributed by atoms with Gasteiger partial charge in [0, 0.05) is 43.6 Å². The fourth-order valence-electron chi connectivity index (χ4n) is 4.05. The van der Waals surface area contributed by atoms with E-state index in [9.17, 15) is 9.59 Å². The zero-order chi connectivity index (χ0) is 27.7. The van der Waals surface area contributed by atoms with Gasteiger partial charge in [-0.2, -0.15) is 0 Å². The number of carboxylic acid groups (broad SMARTS) is 1. The molecule has 1 unspecified atom stereocenters. The van der Waals surface area contributed by atoms with Crippen LogP contribution < -0.4 is 15.5 Å². The maximum absolute atomic E-state index is 12.9. The number of nitrogens with zero attached hydrogens (tertiary/aromatic N) is 5. The Kier molecular flexibility index (Phi) is 11.1. The molecule has 12 heteroatoms. The number of piperazine rings is 1. The lowest BCUT2D eigenvalue weighted by Crippen LogP contribution is -2.52. The molecule has 1 saturated heterocycles. The zero-order valence-electron chi connectivity index (χ0n) is 22.7. The van der Waals surface area contributed by atoms with Crippen molar-refractivity contribution in [1.29, 1.82) is 0 Å². The van der Waals surface area contributed by atoms with Crippen LogP contribution in [0.3, 0.4) is 0 Å². The number of carbonyl (C=O) groups is 2. The number of nitrogens with one attached hydrogen (secondary N) is 2. The lowest BCUT2D eigenvalue weighted by molar-refractivity contribution is -0.137. The van der Waals surface area contributed by atoms with E-state index in [4.69, 9.17) is 10.1 Å². The lowest BCUT2D eigenvalue weighted by atomic mass is 10.2. The Labute approximate surface area is 232 Å². The minimum Gasteiger partial charge on any atom is -0.481 e. The van der Waals surface area contributed by atoms with Crippen LogP contribution in [0.4, 0.5) is 10.9 Å². The van der Waals surface area contributed by atoms with Crippen LogP contribution >= 0.6 is 22.7 Å². The van der Waals surface area contributed by atoms with Crippen LogP contribution in [0.5, 0.6) is 0 Å². The van der Waals surface area contributed by atoms with Gasteiger partial charge in [-0.15, -0.1) is 11.3 Å². The summed E-state index contributed by atoms with van der Waals surface area (Å²) in [5.74, 6) is -0.429. The van der Waals surface area contributed by atoms with Crippen molar-refractivity contribution < 1.29 is 14.7 Å². The van der Waals surface area contributed by atoms with E-state index >= 15 is 0 Å². The predicted molar refractivity (Wildman–Crippen MR) is 154 cm³/mol. The molecule has 3 aromatic heterocycles. The normalized spacial score (nSPS) is 15.6. The second kappa shape index (κ2) is 14.3. The largest absolute Gasteiger partial charge is 0.481 e. The van der Waals surface area contributed by atoms with E-state index in [2.05, 4.69) is 62.6 Å². The summed E-state index contributed by atoms with van der Waals surface area (Å²) in [7, 11) is 0. The fraction of sp³-hybridized carbons (Fsp3) is 0.500. The first-order valence-electron chi connectivity index (χ1n) is 12.9. The fourth-order valence-corrected chi connectivity index (χ4v) is 5.97. The van der Waals surface area contributed by atoms with E-state index in [1.807, 2.05) is 13.8 Å². The maximum Gasteiger partial charge on any atom is 0.304 e. The molecule has 1 atom stereocenters. The van der Waals surface area contributed by atoms with Crippen LogP contribution in [-0.2, 0) is 11.3 Å². The highest BCUT2D eigenvalue weighted by atomic mass is 32.1. The maximum atomic E-state index is 12.9. The summed E-state index contributed by atoms with van der Waals surface area (Å²) in [4.78, 5) is 43.7. The van der Waals surface area contributed by atoms with Crippen LogP contribution in [-0.4, -0.2) is 75.6 Å². The predicted octanol–water partition coefficient (Wildman–Crippen LogP) is 4.34. The van der Waals surface area contributed by atoms with Gasteiger partial charge >= 0.3 is 5.97 Å². The highest BCUT2D eigenvalue weighted by Gasteiger charge is 2.25. The quantitative estimate of drug-likeness (QED) is 0.333. The molecule has 1 fully saturated rings. The highest BCUT2D eigenvalue weighted by molar-refractivity contribution is 7.17. The van der Waals surface area contributed by atoms with Gasteiger partial charge in [0.1, 0.15) is 11.5 Å². The van der Waals surface area contributed by atoms with Crippen molar-refractivity contribution in [2.24, 2.45) is 0 Å². The van der Waals surface area contributed by atoms with Crippen molar-refractivity contribution in [3.63, 3.8) is 0 Å². The number of hydrogen-bond donors (Lipinski definition) is 3. The molecule has 0 aliphatic carbocycles. The number of aromatic nitrogens is 3. The molecule has 0 radical (unpaired) electrons. The Morgan fingerprint density at radius 2 is 2.00 bits per heavy atom. The topological polar surface area (TPSA) is 124 Å². The summed E-state index contributed by atoms with van der Waals surface area (Å²) in [6.45, 7) is 14.5. The van der Waals surface area contributed by atoms with E-state index in [0.717, 1.165) is 41.6 Å². The minimum atomic E-state index is -0.784. The molecule has 3 N–H and O–H groups in total. The number of aliphatic carboxylic acids is 1. The highest BCUT2D eigenvalue weighted by Crippen LogP contribution is 2.35. The third kappa shape index (κ3) is 7.79. The second-order valence-electron chi connectivity index (χ2n) is 8.75. The molecule has 1 amide bonds. The summed E-state index contributed by atoms with van der Waals surface area (Å²) >= 11 is 3.11. The third-order valence-corrected chi connectivity index (χ3v) is 8.02. The summed E-state index contributed by atoms with van der Waals surface area (Å²) in [5.41, 5.74) is 2.31. The number of thiophene rings is 1. The average molecular weight is 560 g/mol. The van der Waals surface area contributed by atoms with Gasteiger partial charge in [-0.3, -0.25) is 19.8 Å². The average Bonchev–Trinajstić information content (AvgIpc) is 3.53. The SMILES string of the molecule is CC.CCNCc1sc(NC(=O)c2cnc(N3CCN(CCC(=O)O)C(C)C3)cn2)nc1-c1cc(C)cs1. The van der Waals surface area contributed by atoms with Gasteiger partial charge in [-0.1, -0.05) is 32.1 Å². The molecule has 206 valence electrons. The number of hydrogen-bond acceptors (Lipinski definition) is 10. The van der Waals surface area contributed by atoms with Gasteiger partial charge in [0.25, 0.3) is 5.91 Å². The Hall–Kier alpha value is -2.93. The van der Waals surface area contributed by atoms with Gasteiger partial charge in [0.05, 0.1) is 29.4 Å². The van der Waals surface area contributed by atoms with Crippen molar-refractivity contribution in [3.05, 3.63) is 40.0 Å². The summed E-state index contributed by atoms with van der Waals surface area (Å²) < 4.78 is 0. The van der Waals surface area contributed by atoms with Crippen molar-refractivity contribution in [1.82, 2.24) is 25.2 Å². The lowest BCUT2D eigenvalue weighted by Gasteiger charge is -2.40. The van der Waals surface area contributed by atoms with Crippen molar-refractivity contribution in [3.8, 4) is 10.6 Å². The third-order valence-electron chi connectivity index (χ3n) is 5.99. The molecule has 0 saturated carbocycles. The molecule has 10 nitrogen and oxygen atoms in total. The van der Waals surface area contributed by atoms with Crippen LogP contribution in [0.25, 0.3) is 10.6 Å². The molecular formula is C26H37N7O3S2. The summed E-state index contributed by atoms with van der Waals surface area (Å²) in [6, 6.07) is 2.31. The van der Waals surface area contributed by atoms with Crippen LogP contribution in [0.1, 0.15) is 55.0 Å². The second-order valence-corrected chi connectivity index (χ2v) is 10.7. The van der Waals surface area contributed by atoms with Crippen molar-refractivity contribution in [2.45, 2.75) is 53.6 Å². The van der Waals surface area contributed by atoms with Crippen LogP contribution in [0.2, 0.25) is 0 Å². The molecule has 4 rings (SSSR count). The van der Waals surface area contributed by atoms with E-state index < -0.39 is 5.97 Å². The van der Waals surface area contributed by atoms with Gasteiger partial charge in [-0.05, 0) is 37.4 Å². The Morgan fingerprint density at radius 3 is 2.61 bits per heavy atom. The standard InChI is InChI=1S/C24H31N7O3S2.C2H6/c1-4-25-11-19-22(18-9-15(2)14-35-18)28-24(36-19)29-23(34)17-10-27-20(12-26-17)31-8-7-30(16(3)13-31)6-5-21(32)33;1-2/h9-10,12,14,16,25H,4-8,11,13H2,1-3H3,(H,32,33)(H,28,29,34);1-2H3. The van der Waals surface area contributed by atoms with Gasteiger partial charge < -0.3 is 15.3 Å². The van der Waals surface area contributed by atoms with Gasteiger partial charge in [-0.25, -0.2) is 15.0 Å². The molecule has 4 heterocycles. The number of aryl methyl sites for hydroxylation is 1. The molecule has 38 heavy (non-hydrogen) atoms. The first-order chi connectivity index (χ1) is 18.3. The van der Waals surface area contributed by atoms with E-state index in [1.54, 1.807) is 17.5 Å². The zero-order valence-corrected chi connectivity index (χ0v) is 24.3. The van der Waals surface area contributed by atoms with Crippen molar-refractivity contribution >= 4 is 45.5 Å². The van der Waals surface area contributed by atoms with E-state index in [-0.39, 0.29) is 24.1 Å². The summed E-state index contributed by atoms with van der Waals surface area (Å²) in [5, 5.41) is 17.8. The van der Waals surface area contributed by atoms with E-state index in [1.165, 1.54) is 23.1 Å². The Bertz CT molecular complexity index is 1200. The molecule has 1 aliphatic rings. The molecular weight excluding hydrogens is 522 g/mol. The minimum absolute atomic E-state index is 0.137. The monoisotopic (exact) mass is 559 g/mol. The van der Waals surface area contributed by atoms with Crippen molar-refractivity contribution in [2.75, 3.05) is 42.9 Å². The summed E-state index contributed by atoms with van der Waals surface area (Å²) in [6.07, 6.45) is 3.24. The van der Waals surface area contributed by atoms with Gasteiger partial charge in [0.2, 0.25) is 0 Å². The Morgan fingerprint density at radius 1 is 1.21 bits per heavy atom. The van der Waals surface area contributed by atoms with Crippen LogP contribution in [0, 0.1) is 6.92 Å². The molecule has 1 aliphatic heterocycles. The van der Waals surface area contributed by atoms with Gasteiger partial charge in [0.15, 0.2) is 5.13 Å². The molecule has 0 aromatic carbocycles. The van der Waals surface area contributed by atoms with Crippen LogP contribution in [0.15, 0.2) is 23.8 Å². The van der Waals surface area contributed by atoms with E-state index in [0.29, 0.717) is 24.0 Å². The number of amides is 1.